The first kappa shape index (κ1) is 13.9. The van der Waals surface area contributed by atoms with E-state index in [2.05, 4.69) is 9.94 Å². The lowest BCUT2D eigenvalue weighted by molar-refractivity contribution is -0.767. The van der Waals surface area contributed by atoms with E-state index in [-0.39, 0.29) is 5.88 Å². The Kier molecular flexibility index (Phi) is 4.20. The van der Waals surface area contributed by atoms with Crippen molar-refractivity contribution in [2.45, 2.75) is 12.6 Å². The van der Waals surface area contributed by atoms with Crippen LogP contribution in [0.2, 0.25) is 0 Å². The number of aromatic nitrogens is 3. The lowest BCUT2D eigenvalue weighted by atomic mass is 10.4. The molecule has 11 nitrogen and oxygen atoms in total. The van der Waals surface area contributed by atoms with Gasteiger partial charge in [-0.2, -0.15) is 4.57 Å². The van der Waals surface area contributed by atoms with Crippen LogP contribution in [0.5, 0.6) is 0 Å². The molecule has 1 heterocycles. The number of hydrogen-bond donors (Lipinski definition) is 0. The number of halogens is 1. The molecule has 12 heteroatoms. The second-order valence-electron chi connectivity index (χ2n) is 3.18. The zero-order valence-corrected chi connectivity index (χ0v) is 9.81. The number of nitro groups is 1. The van der Waals surface area contributed by atoms with Gasteiger partial charge in [-0.1, -0.05) is 0 Å². The number of rotatable bonds is 6. The summed E-state index contributed by atoms with van der Waals surface area (Å²) in [6.07, 6.45) is -1.18. The van der Waals surface area contributed by atoms with Crippen LogP contribution in [0.3, 0.4) is 0 Å². The molecule has 0 aliphatic carbocycles. The molecule has 0 aromatic carbocycles. The van der Waals surface area contributed by atoms with Crippen LogP contribution in [0.25, 0.3) is 0 Å². The van der Waals surface area contributed by atoms with Crippen LogP contribution < -0.4 is 5.69 Å². The average Bonchev–Trinajstić information content (AvgIpc) is 2.55. The molecule has 1 rings (SSSR count). The predicted octanol–water partition coefficient (Wildman–Crippen LogP) is -0.694. The lowest BCUT2D eigenvalue weighted by Gasteiger charge is -2.09. The summed E-state index contributed by atoms with van der Waals surface area (Å²) in [6, 6.07) is 0. The van der Waals surface area contributed by atoms with Gasteiger partial charge >= 0.3 is 11.6 Å². The molecule has 1 aromatic rings. The Hall–Kier alpha value is -2.17. The van der Waals surface area contributed by atoms with Crippen molar-refractivity contribution in [3.8, 4) is 0 Å². The van der Waals surface area contributed by atoms with Gasteiger partial charge in [0.05, 0.1) is 12.9 Å². The van der Waals surface area contributed by atoms with Gasteiger partial charge in [0.15, 0.2) is 6.10 Å². The minimum absolute atomic E-state index is 0.306. The summed E-state index contributed by atoms with van der Waals surface area (Å²) in [7, 11) is 1.22. The molecule has 18 heavy (non-hydrogen) atoms. The smallest absolute Gasteiger partial charge is 0.390 e. The monoisotopic (exact) mass is 281 g/mol. The number of alkyl halides is 1. The topological polar surface area (TPSA) is 135 Å². The van der Waals surface area contributed by atoms with E-state index < -0.39 is 34.3 Å². The van der Waals surface area contributed by atoms with Gasteiger partial charge in [-0.05, 0) is 4.92 Å². The van der Waals surface area contributed by atoms with E-state index in [4.69, 9.17) is 11.6 Å². The first-order valence-corrected chi connectivity index (χ1v) is 5.05. The molecule has 0 radical (unpaired) electrons. The molecule has 100 valence electrons. The van der Waals surface area contributed by atoms with Crippen molar-refractivity contribution in [3.05, 3.63) is 30.7 Å². The molecule has 0 aliphatic heterocycles. The van der Waals surface area contributed by atoms with Crippen molar-refractivity contribution < 1.29 is 14.8 Å². The molecule has 1 atom stereocenters. The van der Waals surface area contributed by atoms with E-state index >= 15 is 0 Å². The van der Waals surface area contributed by atoms with Gasteiger partial charge < -0.3 is 15.0 Å². The Balaban J connectivity index is 3.05. The summed E-state index contributed by atoms with van der Waals surface area (Å²) in [6.45, 7) is -0.437. The fraction of sp³-hybridized carbons (Fsp3) is 0.667. The van der Waals surface area contributed by atoms with Crippen molar-refractivity contribution in [1.82, 2.24) is 14.3 Å². The Labute approximate surface area is 104 Å². The molecule has 0 bridgehead atoms. The van der Waals surface area contributed by atoms with E-state index in [1.165, 1.54) is 7.05 Å². The third kappa shape index (κ3) is 2.94. The van der Waals surface area contributed by atoms with E-state index in [1.54, 1.807) is 0 Å². The van der Waals surface area contributed by atoms with Crippen molar-refractivity contribution in [2.24, 2.45) is 7.05 Å². The summed E-state index contributed by atoms with van der Waals surface area (Å²) in [4.78, 5) is 35.6. The van der Waals surface area contributed by atoms with Gasteiger partial charge in [0.2, 0.25) is 0 Å². The van der Waals surface area contributed by atoms with Crippen LogP contribution in [0.1, 0.15) is 0 Å². The molecule has 1 aromatic heterocycles. The second kappa shape index (κ2) is 5.44. The summed E-state index contributed by atoms with van der Waals surface area (Å²) in [5, 5.41) is 23.1. The molecule has 0 spiro atoms. The molecule has 0 N–H and O–H groups in total. The van der Waals surface area contributed by atoms with Crippen molar-refractivity contribution >= 4 is 17.5 Å². The molecular formula is C6H8ClN5O6. The third-order valence-electron chi connectivity index (χ3n) is 1.95. The van der Waals surface area contributed by atoms with E-state index in [1.807, 2.05) is 0 Å². The fourth-order valence-corrected chi connectivity index (χ4v) is 1.38. The largest absolute Gasteiger partial charge is 0.459 e. The molecule has 0 fully saturated rings. The van der Waals surface area contributed by atoms with Crippen LogP contribution in [0.4, 0.5) is 5.95 Å². The zero-order chi connectivity index (χ0) is 13.9. The SMILES string of the molecule is Cn1nc([N+](=O)[O-])n(CC(CCl)O[N+](=O)[O-])c1=O. The maximum atomic E-state index is 11.5. The van der Waals surface area contributed by atoms with E-state index in [0.717, 1.165) is 4.68 Å². The summed E-state index contributed by atoms with van der Waals surface area (Å²) in [5.41, 5.74) is -0.788. The van der Waals surface area contributed by atoms with Gasteiger partial charge in [-0.3, -0.25) is 0 Å². The molecule has 1 unspecified atom stereocenters. The van der Waals surface area contributed by atoms with Crippen molar-refractivity contribution in [3.63, 3.8) is 0 Å². The Morgan fingerprint density at radius 2 is 2.11 bits per heavy atom. The highest BCUT2D eigenvalue weighted by molar-refractivity contribution is 6.18. The lowest BCUT2D eigenvalue weighted by Crippen LogP contribution is -2.31. The quantitative estimate of drug-likeness (QED) is 0.382. The van der Waals surface area contributed by atoms with Crippen LogP contribution in [0, 0.1) is 20.2 Å². The average molecular weight is 282 g/mol. The van der Waals surface area contributed by atoms with E-state index in [9.17, 15) is 25.0 Å². The Morgan fingerprint density at radius 3 is 2.56 bits per heavy atom. The van der Waals surface area contributed by atoms with Gasteiger partial charge in [0.1, 0.15) is 6.54 Å². The molecule has 0 saturated carbocycles. The van der Waals surface area contributed by atoms with Crippen LogP contribution in [-0.4, -0.2) is 36.3 Å². The number of aryl methyl sites for hydroxylation is 1. The maximum Gasteiger partial charge on any atom is 0.459 e. The normalized spacial score (nSPS) is 12.1. The van der Waals surface area contributed by atoms with Crippen LogP contribution in [0.15, 0.2) is 4.79 Å². The van der Waals surface area contributed by atoms with Crippen LogP contribution in [-0.2, 0) is 18.4 Å². The number of nitrogens with zero attached hydrogens (tertiary/aromatic N) is 5. The first-order valence-electron chi connectivity index (χ1n) is 4.52. The minimum atomic E-state index is -1.18. The third-order valence-corrected chi connectivity index (χ3v) is 2.29. The van der Waals surface area contributed by atoms with Gasteiger partial charge in [0, 0.05) is 5.10 Å². The van der Waals surface area contributed by atoms with Crippen LogP contribution >= 0.6 is 11.6 Å². The summed E-state index contributed by atoms with van der Waals surface area (Å²) < 4.78 is 1.39. The van der Waals surface area contributed by atoms with Crippen molar-refractivity contribution in [2.75, 3.05) is 5.88 Å². The summed E-state index contributed by atoms with van der Waals surface area (Å²) >= 11 is 5.41. The molecule has 0 saturated heterocycles. The highest BCUT2D eigenvalue weighted by atomic mass is 35.5. The number of hydrogen-bond acceptors (Lipinski definition) is 7. The van der Waals surface area contributed by atoms with Gasteiger partial charge in [-0.25, -0.2) is 4.79 Å². The van der Waals surface area contributed by atoms with Gasteiger partial charge in [-0.15, -0.1) is 26.4 Å². The molecule has 0 aliphatic rings. The molecular weight excluding hydrogens is 274 g/mol. The van der Waals surface area contributed by atoms with E-state index in [0.29, 0.717) is 4.57 Å². The highest BCUT2D eigenvalue weighted by Crippen LogP contribution is 2.07. The molecule has 0 amide bonds. The standard InChI is InChI=1S/C6H8ClN5O6/c1-9-6(13)10(5(8-9)11(14)15)3-4(2-7)18-12(16)17/h4H,2-3H2,1H3. The van der Waals surface area contributed by atoms with Crippen molar-refractivity contribution in [1.29, 1.82) is 0 Å². The Bertz CT molecular complexity index is 523. The highest BCUT2D eigenvalue weighted by Gasteiger charge is 2.26. The predicted molar refractivity (Wildman–Crippen MR) is 56.7 cm³/mol. The maximum absolute atomic E-state index is 11.5. The first-order chi connectivity index (χ1) is 8.36. The second-order valence-corrected chi connectivity index (χ2v) is 3.49. The fourth-order valence-electron chi connectivity index (χ4n) is 1.22. The minimum Gasteiger partial charge on any atom is -0.390 e. The zero-order valence-electron chi connectivity index (χ0n) is 9.06. The summed E-state index contributed by atoms with van der Waals surface area (Å²) in [5.74, 6) is -1.04. The Morgan fingerprint density at radius 1 is 1.50 bits per heavy atom. The van der Waals surface area contributed by atoms with Gasteiger partial charge in [0.25, 0.3) is 5.09 Å².